The number of hydrogen-bond donors (Lipinski definition) is 1. The molecule has 0 unspecified atom stereocenters. The number of rotatable bonds is 9. The van der Waals surface area contributed by atoms with Crippen molar-refractivity contribution in [1.29, 1.82) is 0 Å². The van der Waals surface area contributed by atoms with Gasteiger partial charge in [0.05, 0.1) is 11.4 Å². The third-order valence-corrected chi connectivity index (χ3v) is 9.07. The molecule has 3 aromatic carbocycles. The van der Waals surface area contributed by atoms with Crippen LogP contribution in [-0.4, -0.2) is 23.9 Å². The van der Waals surface area contributed by atoms with Gasteiger partial charge < -0.3 is 9.47 Å². The largest absolute Gasteiger partial charge is 0.337 e. The van der Waals surface area contributed by atoms with E-state index in [1.54, 1.807) is 35.4 Å². The third-order valence-electron chi connectivity index (χ3n) is 7.36. The van der Waals surface area contributed by atoms with Crippen LogP contribution >= 0.6 is 11.6 Å². The number of halogens is 2. The second-order valence-corrected chi connectivity index (χ2v) is 12.3. The molecule has 4 aromatic rings. The molecular formula is C30H30ClFN4O3S. The van der Waals surface area contributed by atoms with Crippen LogP contribution in [0.5, 0.6) is 0 Å². The summed E-state index contributed by atoms with van der Waals surface area (Å²) in [6, 6.07) is 17.7. The van der Waals surface area contributed by atoms with Gasteiger partial charge in [-0.3, -0.25) is 4.79 Å². The van der Waals surface area contributed by atoms with Crippen molar-refractivity contribution in [2.24, 2.45) is 7.05 Å². The average molecular weight is 581 g/mol. The fraction of sp³-hybridized carbons (Fsp3) is 0.267. The molecule has 0 bridgehead atoms. The summed E-state index contributed by atoms with van der Waals surface area (Å²) in [6.45, 7) is 2.18. The van der Waals surface area contributed by atoms with Crippen LogP contribution in [-0.2, 0) is 34.8 Å². The molecule has 10 heteroatoms. The Bertz CT molecular complexity index is 1640. The van der Waals surface area contributed by atoms with Crippen molar-refractivity contribution in [2.45, 2.75) is 49.6 Å². The number of carbonyl (C=O) groups excluding carboxylic acids is 1. The van der Waals surface area contributed by atoms with Crippen LogP contribution in [0.4, 0.5) is 10.1 Å². The Balaban J connectivity index is 1.43. The number of amides is 1. The van der Waals surface area contributed by atoms with E-state index < -0.39 is 16.1 Å². The van der Waals surface area contributed by atoms with Crippen molar-refractivity contribution in [1.82, 2.24) is 14.3 Å². The Kier molecular flexibility index (Phi) is 8.07. The number of benzene rings is 3. The number of nitrogens with one attached hydrogen (secondary N) is 1. The molecule has 0 spiro atoms. The van der Waals surface area contributed by atoms with Crippen LogP contribution in [0.2, 0.25) is 5.02 Å². The molecule has 0 saturated heterocycles. The molecule has 1 heterocycles. The summed E-state index contributed by atoms with van der Waals surface area (Å²) in [5.41, 5.74) is 3.40. The lowest BCUT2D eigenvalue weighted by Crippen LogP contribution is -2.32. The molecule has 1 aliphatic carbocycles. The van der Waals surface area contributed by atoms with Crippen LogP contribution in [0.25, 0.3) is 0 Å². The number of anilines is 1. The Morgan fingerprint density at radius 1 is 1.18 bits per heavy atom. The van der Waals surface area contributed by atoms with E-state index in [0.29, 0.717) is 29.4 Å². The number of sulfonamides is 1. The Morgan fingerprint density at radius 3 is 2.65 bits per heavy atom. The number of aryl methyl sites for hydroxylation is 2. The zero-order chi connectivity index (χ0) is 28.4. The van der Waals surface area contributed by atoms with Crippen LogP contribution in [0.15, 0.2) is 84.0 Å². The van der Waals surface area contributed by atoms with Crippen LogP contribution in [0, 0.1) is 5.82 Å². The van der Waals surface area contributed by atoms with E-state index in [2.05, 4.69) is 9.71 Å². The zero-order valence-electron chi connectivity index (χ0n) is 22.2. The van der Waals surface area contributed by atoms with Gasteiger partial charge in [-0.05, 0) is 77.9 Å². The molecule has 40 heavy (non-hydrogen) atoms. The van der Waals surface area contributed by atoms with Gasteiger partial charge in [-0.2, -0.15) is 0 Å². The zero-order valence-corrected chi connectivity index (χ0v) is 23.8. The van der Waals surface area contributed by atoms with Crippen molar-refractivity contribution in [3.8, 4) is 0 Å². The van der Waals surface area contributed by atoms with Gasteiger partial charge in [-0.25, -0.2) is 22.5 Å². The first-order chi connectivity index (χ1) is 19.1. The Morgan fingerprint density at radius 2 is 1.95 bits per heavy atom. The highest BCUT2D eigenvalue weighted by Crippen LogP contribution is 2.36. The SMILES string of the molecule is C[C@@H](CC(=O)N(Cc1nccn1C)c1ccc2c(c1)[C@@H](NS(=O)(=O)c1cccc(Cl)c1)CC2)c1ccc(F)cc1. The van der Waals surface area contributed by atoms with Crippen molar-refractivity contribution in [3.05, 3.63) is 112 Å². The second-order valence-electron chi connectivity index (χ2n) is 10.1. The first-order valence-electron chi connectivity index (χ1n) is 13.0. The summed E-state index contributed by atoms with van der Waals surface area (Å²) in [6.07, 6.45) is 5.03. The maximum Gasteiger partial charge on any atom is 0.241 e. The van der Waals surface area contributed by atoms with E-state index in [9.17, 15) is 17.6 Å². The molecule has 1 amide bonds. The highest BCUT2D eigenvalue weighted by atomic mass is 35.5. The molecule has 1 aliphatic rings. The van der Waals surface area contributed by atoms with E-state index >= 15 is 0 Å². The Labute approximate surface area is 238 Å². The van der Waals surface area contributed by atoms with Crippen LogP contribution in [0.3, 0.4) is 0 Å². The van der Waals surface area contributed by atoms with Gasteiger partial charge in [0, 0.05) is 42.6 Å². The first kappa shape index (κ1) is 28.0. The summed E-state index contributed by atoms with van der Waals surface area (Å²) in [5, 5.41) is 0.343. The maximum atomic E-state index is 13.8. The van der Waals surface area contributed by atoms with Crippen molar-refractivity contribution >= 4 is 33.2 Å². The summed E-state index contributed by atoms with van der Waals surface area (Å²) < 4.78 is 44.4. The monoisotopic (exact) mass is 580 g/mol. The van der Waals surface area contributed by atoms with Gasteiger partial charge in [-0.1, -0.05) is 42.8 Å². The number of nitrogens with zero attached hydrogens (tertiary/aromatic N) is 3. The topological polar surface area (TPSA) is 84.3 Å². The Hall–Kier alpha value is -3.53. The normalized spacial score (nSPS) is 15.6. The number of aromatic nitrogens is 2. The molecule has 7 nitrogen and oxygen atoms in total. The van der Waals surface area contributed by atoms with Gasteiger partial charge in [0.1, 0.15) is 11.6 Å². The van der Waals surface area contributed by atoms with Crippen molar-refractivity contribution < 1.29 is 17.6 Å². The van der Waals surface area contributed by atoms with E-state index in [4.69, 9.17) is 11.6 Å². The van der Waals surface area contributed by atoms with E-state index in [1.807, 2.05) is 42.9 Å². The quantitative estimate of drug-likeness (QED) is 0.267. The molecule has 0 aliphatic heterocycles. The van der Waals surface area contributed by atoms with Gasteiger partial charge in [-0.15, -0.1) is 0 Å². The lowest BCUT2D eigenvalue weighted by molar-refractivity contribution is -0.119. The predicted molar refractivity (Wildman–Crippen MR) is 153 cm³/mol. The molecule has 0 radical (unpaired) electrons. The predicted octanol–water partition coefficient (Wildman–Crippen LogP) is 5.91. The minimum Gasteiger partial charge on any atom is -0.337 e. The smallest absolute Gasteiger partial charge is 0.241 e. The van der Waals surface area contributed by atoms with Gasteiger partial charge in [0.2, 0.25) is 15.9 Å². The summed E-state index contributed by atoms with van der Waals surface area (Å²) in [4.78, 5) is 19.9. The molecule has 0 fully saturated rings. The molecular weight excluding hydrogens is 551 g/mol. The molecule has 1 N–H and O–H groups in total. The van der Waals surface area contributed by atoms with Crippen LogP contribution in [0.1, 0.15) is 54.2 Å². The fourth-order valence-corrected chi connectivity index (χ4v) is 6.61. The van der Waals surface area contributed by atoms with Gasteiger partial charge in [0.25, 0.3) is 0 Å². The third kappa shape index (κ3) is 6.11. The lowest BCUT2D eigenvalue weighted by Gasteiger charge is -2.26. The summed E-state index contributed by atoms with van der Waals surface area (Å²) in [7, 11) is -1.94. The van der Waals surface area contributed by atoms with E-state index in [-0.39, 0.29) is 35.5 Å². The highest BCUT2D eigenvalue weighted by molar-refractivity contribution is 7.89. The molecule has 2 atom stereocenters. The summed E-state index contributed by atoms with van der Waals surface area (Å²) in [5.74, 6) is 0.136. The molecule has 1 aromatic heterocycles. The minimum atomic E-state index is -3.81. The first-order valence-corrected chi connectivity index (χ1v) is 14.9. The van der Waals surface area contributed by atoms with Gasteiger partial charge in [0.15, 0.2) is 0 Å². The molecule has 208 valence electrons. The molecule has 5 rings (SSSR count). The second kappa shape index (κ2) is 11.5. The van der Waals surface area contributed by atoms with Crippen molar-refractivity contribution in [3.63, 3.8) is 0 Å². The van der Waals surface area contributed by atoms with Crippen molar-refractivity contribution in [2.75, 3.05) is 4.90 Å². The number of carbonyl (C=O) groups is 1. The van der Waals surface area contributed by atoms with E-state index in [0.717, 1.165) is 16.7 Å². The average Bonchev–Trinajstić information content (AvgIpc) is 3.52. The van der Waals surface area contributed by atoms with Gasteiger partial charge >= 0.3 is 0 Å². The number of imidazole rings is 1. The fourth-order valence-electron chi connectivity index (χ4n) is 5.06. The number of fused-ring (bicyclic) bond motifs is 1. The molecule has 0 saturated carbocycles. The minimum absolute atomic E-state index is 0.103. The standard InChI is InChI=1S/C30H30ClFN4O3S/c1-20(21-6-10-24(32)11-7-21)16-30(37)36(19-29-33-14-15-35(29)2)25-12-8-22-9-13-28(27(22)18-25)34-40(38,39)26-5-3-4-23(31)17-26/h3-8,10-12,14-15,17-18,20,28,34H,9,13,16,19H2,1-2H3/t20-,28-/m0/s1. The highest BCUT2D eigenvalue weighted by Gasteiger charge is 2.30. The number of hydrogen-bond acceptors (Lipinski definition) is 4. The lowest BCUT2D eigenvalue weighted by atomic mass is 9.97. The summed E-state index contributed by atoms with van der Waals surface area (Å²) >= 11 is 6.03. The van der Waals surface area contributed by atoms with E-state index in [1.165, 1.54) is 24.3 Å². The maximum absolute atomic E-state index is 13.8. The van der Waals surface area contributed by atoms with Crippen LogP contribution < -0.4 is 9.62 Å².